The number of H-pyrrole nitrogens is 1. The van der Waals surface area contributed by atoms with Crippen molar-refractivity contribution in [2.45, 2.75) is 12.3 Å². The zero-order valence-corrected chi connectivity index (χ0v) is 17.5. The van der Waals surface area contributed by atoms with Gasteiger partial charge < -0.3 is 29.4 Å². The molecule has 1 fully saturated rings. The van der Waals surface area contributed by atoms with Crippen LogP contribution < -0.4 is 19.7 Å². The molecule has 0 bridgehead atoms. The van der Waals surface area contributed by atoms with E-state index in [1.165, 1.54) is 4.90 Å². The van der Waals surface area contributed by atoms with E-state index in [4.69, 9.17) is 14.2 Å². The van der Waals surface area contributed by atoms with E-state index in [0.29, 0.717) is 13.0 Å². The molecule has 0 aliphatic carbocycles. The number of nitrogens with one attached hydrogen (secondary N) is 3. The molecular weight excluding hydrogens is 394 g/mol. The highest BCUT2D eigenvalue weighted by atomic mass is 16.7. The van der Waals surface area contributed by atoms with Crippen LogP contribution in [0.4, 0.5) is 0 Å². The van der Waals surface area contributed by atoms with Gasteiger partial charge >= 0.3 is 0 Å². The largest absolute Gasteiger partial charge is 0.454 e. The lowest BCUT2D eigenvalue weighted by atomic mass is 9.87. The van der Waals surface area contributed by atoms with E-state index in [9.17, 15) is 4.79 Å². The maximum Gasteiger partial charge on any atom is 0.231 e. The summed E-state index contributed by atoms with van der Waals surface area (Å²) in [6, 6.07) is 14.2. The van der Waals surface area contributed by atoms with Crippen molar-refractivity contribution in [1.29, 1.82) is 0 Å². The minimum atomic E-state index is -0.0821. The quantitative estimate of drug-likeness (QED) is 0.539. The highest BCUT2D eigenvalue weighted by molar-refractivity contribution is 5.86. The lowest BCUT2D eigenvalue weighted by Gasteiger charge is -2.24. The molecule has 31 heavy (non-hydrogen) atoms. The predicted molar refractivity (Wildman–Crippen MR) is 117 cm³/mol. The van der Waals surface area contributed by atoms with Crippen molar-refractivity contribution in [2.75, 3.05) is 46.2 Å². The van der Waals surface area contributed by atoms with Gasteiger partial charge in [0, 0.05) is 29.4 Å². The fourth-order valence-electron chi connectivity index (χ4n) is 4.47. The molecule has 3 aromatic rings. The number of quaternary nitrogens is 1. The van der Waals surface area contributed by atoms with Crippen LogP contribution in [0.15, 0.2) is 48.7 Å². The van der Waals surface area contributed by atoms with Gasteiger partial charge in [0.1, 0.15) is 13.1 Å². The van der Waals surface area contributed by atoms with Gasteiger partial charge in [0.25, 0.3) is 0 Å². The maximum atomic E-state index is 12.9. The molecule has 1 aromatic heterocycles. The molecule has 1 saturated heterocycles. The van der Waals surface area contributed by atoms with Gasteiger partial charge in [-0.25, -0.2) is 0 Å². The van der Waals surface area contributed by atoms with Crippen LogP contribution in [-0.2, 0) is 9.53 Å². The summed E-state index contributed by atoms with van der Waals surface area (Å²) in [6.45, 7) is 5.45. The van der Waals surface area contributed by atoms with Gasteiger partial charge in [0.2, 0.25) is 12.7 Å². The molecule has 162 valence electrons. The molecule has 0 radical (unpaired) electrons. The van der Waals surface area contributed by atoms with E-state index in [1.54, 1.807) is 0 Å². The van der Waals surface area contributed by atoms with E-state index in [2.05, 4.69) is 22.4 Å². The Labute approximate surface area is 181 Å². The van der Waals surface area contributed by atoms with Gasteiger partial charge in [-0.2, -0.15) is 0 Å². The SMILES string of the molecule is O=C(C[C@@H](c1ccc2c(c1)OCO2)c1c[nH]c2ccccc12)NCC[NH+]1CCOCC1. The molecule has 2 aromatic carbocycles. The third kappa shape index (κ3) is 4.38. The predicted octanol–water partition coefficient (Wildman–Crippen LogP) is 1.45. The second kappa shape index (κ2) is 8.99. The van der Waals surface area contributed by atoms with Crippen molar-refractivity contribution in [3.63, 3.8) is 0 Å². The highest BCUT2D eigenvalue weighted by Crippen LogP contribution is 2.39. The Morgan fingerprint density at radius 1 is 1.10 bits per heavy atom. The average Bonchev–Trinajstić information content (AvgIpc) is 3.45. The monoisotopic (exact) mass is 422 g/mol. The van der Waals surface area contributed by atoms with Gasteiger partial charge in [0.05, 0.1) is 26.3 Å². The van der Waals surface area contributed by atoms with E-state index < -0.39 is 0 Å². The van der Waals surface area contributed by atoms with Crippen molar-refractivity contribution in [1.82, 2.24) is 10.3 Å². The van der Waals surface area contributed by atoms with Crippen molar-refractivity contribution < 1.29 is 23.9 Å². The summed E-state index contributed by atoms with van der Waals surface area (Å²) in [6.07, 6.45) is 2.39. The summed E-state index contributed by atoms with van der Waals surface area (Å²) < 4.78 is 16.5. The molecular formula is C24H28N3O4+. The molecule has 0 saturated carbocycles. The molecule has 0 spiro atoms. The zero-order valence-electron chi connectivity index (χ0n) is 17.5. The lowest BCUT2D eigenvalue weighted by molar-refractivity contribution is -0.906. The highest BCUT2D eigenvalue weighted by Gasteiger charge is 2.24. The van der Waals surface area contributed by atoms with Gasteiger partial charge in [-0.3, -0.25) is 4.79 Å². The van der Waals surface area contributed by atoms with Crippen LogP contribution in [0.1, 0.15) is 23.5 Å². The van der Waals surface area contributed by atoms with Crippen molar-refractivity contribution in [3.8, 4) is 11.5 Å². The van der Waals surface area contributed by atoms with Crippen molar-refractivity contribution in [2.24, 2.45) is 0 Å². The van der Waals surface area contributed by atoms with Gasteiger partial charge in [-0.1, -0.05) is 24.3 Å². The molecule has 3 N–H and O–H groups in total. The second-order valence-electron chi connectivity index (χ2n) is 8.12. The Kier molecular flexibility index (Phi) is 5.78. The Balaban J connectivity index is 1.34. The minimum Gasteiger partial charge on any atom is -0.454 e. The summed E-state index contributed by atoms with van der Waals surface area (Å²) in [7, 11) is 0. The first kappa shape index (κ1) is 19.9. The van der Waals surface area contributed by atoms with Gasteiger partial charge in [-0.05, 0) is 29.3 Å². The molecule has 7 nitrogen and oxygen atoms in total. The normalized spacial score (nSPS) is 17.0. The van der Waals surface area contributed by atoms with E-state index in [-0.39, 0.29) is 18.6 Å². The number of carbonyl (C=O) groups is 1. The number of aromatic nitrogens is 1. The fraction of sp³-hybridized carbons (Fsp3) is 0.375. The van der Waals surface area contributed by atoms with Crippen LogP contribution in [0.3, 0.4) is 0 Å². The summed E-state index contributed by atoms with van der Waals surface area (Å²) in [5, 5.41) is 4.26. The van der Waals surface area contributed by atoms with E-state index >= 15 is 0 Å². The van der Waals surface area contributed by atoms with Crippen LogP contribution in [0.25, 0.3) is 10.9 Å². The topological polar surface area (TPSA) is 77.0 Å². The first-order valence-corrected chi connectivity index (χ1v) is 10.9. The smallest absolute Gasteiger partial charge is 0.231 e. The van der Waals surface area contributed by atoms with Crippen LogP contribution in [-0.4, -0.2) is 57.1 Å². The first-order chi connectivity index (χ1) is 15.3. The number of para-hydroxylation sites is 1. The summed E-state index contributed by atoms with van der Waals surface area (Å²) in [5.41, 5.74) is 3.23. The van der Waals surface area contributed by atoms with Crippen LogP contribution in [0, 0.1) is 0 Å². The molecule has 5 rings (SSSR count). The zero-order chi connectivity index (χ0) is 21.0. The number of hydrogen-bond donors (Lipinski definition) is 3. The van der Waals surface area contributed by atoms with E-state index in [1.807, 2.05) is 36.5 Å². The molecule has 1 atom stereocenters. The van der Waals surface area contributed by atoms with Crippen molar-refractivity contribution >= 4 is 16.8 Å². The number of rotatable bonds is 7. The summed E-state index contributed by atoms with van der Waals surface area (Å²) in [5.74, 6) is 1.46. The number of hydrogen-bond acceptors (Lipinski definition) is 4. The molecule has 2 aliphatic rings. The number of aromatic amines is 1. The molecule has 0 unspecified atom stereocenters. The van der Waals surface area contributed by atoms with Crippen molar-refractivity contribution in [3.05, 3.63) is 59.8 Å². The number of amides is 1. The van der Waals surface area contributed by atoms with E-state index in [0.717, 1.165) is 66.4 Å². The number of benzene rings is 2. The standard InChI is InChI=1S/C24H27N3O4/c28-24(25-7-8-27-9-11-29-12-10-27)14-19(17-5-6-22-23(13-17)31-16-30-22)20-15-26-21-4-2-1-3-18(20)21/h1-6,13,15,19,26H,7-12,14,16H2,(H,25,28)/p+1/t19-/m0/s1. The fourth-order valence-corrected chi connectivity index (χ4v) is 4.47. The van der Waals surface area contributed by atoms with Crippen LogP contribution >= 0.6 is 0 Å². The second-order valence-corrected chi connectivity index (χ2v) is 8.12. The molecule has 1 amide bonds. The third-order valence-electron chi connectivity index (χ3n) is 6.19. The number of morpholine rings is 1. The third-order valence-corrected chi connectivity index (χ3v) is 6.19. The summed E-state index contributed by atoms with van der Waals surface area (Å²) in [4.78, 5) is 17.8. The van der Waals surface area contributed by atoms with Gasteiger partial charge in [-0.15, -0.1) is 0 Å². The number of carbonyl (C=O) groups excluding carboxylic acids is 1. The molecule has 2 aliphatic heterocycles. The Bertz CT molecular complexity index is 1060. The number of fused-ring (bicyclic) bond motifs is 2. The molecule has 7 heteroatoms. The Morgan fingerprint density at radius 2 is 1.94 bits per heavy atom. The lowest BCUT2D eigenvalue weighted by Crippen LogP contribution is -3.14. The Morgan fingerprint density at radius 3 is 2.84 bits per heavy atom. The average molecular weight is 423 g/mol. The number of ether oxygens (including phenoxy) is 3. The van der Waals surface area contributed by atoms with Crippen LogP contribution in [0.5, 0.6) is 11.5 Å². The first-order valence-electron chi connectivity index (χ1n) is 10.9. The van der Waals surface area contributed by atoms with Crippen LogP contribution in [0.2, 0.25) is 0 Å². The minimum absolute atomic E-state index is 0.0561. The maximum absolute atomic E-state index is 12.9. The Hall–Kier alpha value is -3.03. The summed E-state index contributed by atoms with van der Waals surface area (Å²) >= 11 is 0. The molecule has 3 heterocycles. The van der Waals surface area contributed by atoms with Gasteiger partial charge in [0.15, 0.2) is 11.5 Å².